The molecule has 1 aromatic heterocycles. The van der Waals surface area contributed by atoms with Crippen molar-refractivity contribution in [1.29, 1.82) is 0 Å². The number of hydrogen-bond donors (Lipinski definition) is 0. The van der Waals surface area contributed by atoms with Crippen LogP contribution >= 0.6 is 0 Å². The maximum absolute atomic E-state index is 14.0. The maximum Gasteiger partial charge on any atom is 0.358 e. The van der Waals surface area contributed by atoms with Crippen molar-refractivity contribution in [3.63, 3.8) is 0 Å². The van der Waals surface area contributed by atoms with Crippen LogP contribution in [0.15, 0.2) is 54.9 Å². The molecule has 0 bridgehead atoms. The lowest BCUT2D eigenvalue weighted by Gasteiger charge is -2.10. The molecule has 2 aromatic carbocycles. The van der Waals surface area contributed by atoms with Crippen molar-refractivity contribution in [3.8, 4) is 5.69 Å². The van der Waals surface area contributed by atoms with E-state index in [-0.39, 0.29) is 24.3 Å². The van der Waals surface area contributed by atoms with E-state index in [4.69, 9.17) is 4.74 Å². The average Bonchev–Trinajstić information content (AvgIpc) is 3.06. The van der Waals surface area contributed by atoms with Gasteiger partial charge in [-0.25, -0.2) is 14.2 Å². The number of esters is 1. The highest BCUT2D eigenvalue weighted by Crippen LogP contribution is 2.20. The first-order valence-corrected chi connectivity index (χ1v) is 8.59. The molecular formula is C21H19FN2O3. The molecule has 0 radical (unpaired) electrons. The molecule has 3 rings (SSSR count). The van der Waals surface area contributed by atoms with Gasteiger partial charge in [0.05, 0.1) is 24.3 Å². The van der Waals surface area contributed by atoms with Gasteiger partial charge in [-0.05, 0) is 38.1 Å². The van der Waals surface area contributed by atoms with Crippen molar-refractivity contribution in [1.82, 2.24) is 9.55 Å². The van der Waals surface area contributed by atoms with Crippen molar-refractivity contribution in [3.05, 3.63) is 83.2 Å². The number of carbonyl (C=O) groups is 2. The van der Waals surface area contributed by atoms with Gasteiger partial charge in [0.1, 0.15) is 12.1 Å². The van der Waals surface area contributed by atoms with Crippen molar-refractivity contribution in [2.24, 2.45) is 0 Å². The Morgan fingerprint density at radius 2 is 1.81 bits per heavy atom. The van der Waals surface area contributed by atoms with Crippen LogP contribution in [0.2, 0.25) is 0 Å². The second-order valence-electron chi connectivity index (χ2n) is 6.05. The summed E-state index contributed by atoms with van der Waals surface area (Å²) in [5.41, 5.74) is 2.23. The number of halogens is 1. The Labute approximate surface area is 156 Å². The Morgan fingerprint density at radius 1 is 1.11 bits per heavy atom. The summed E-state index contributed by atoms with van der Waals surface area (Å²) in [5, 5.41) is 0. The molecule has 0 aliphatic rings. The van der Waals surface area contributed by atoms with E-state index < -0.39 is 17.6 Å². The van der Waals surface area contributed by atoms with Crippen LogP contribution in [0.25, 0.3) is 5.69 Å². The van der Waals surface area contributed by atoms with E-state index in [1.54, 1.807) is 17.6 Å². The Hall–Kier alpha value is -3.28. The predicted molar refractivity (Wildman–Crippen MR) is 98.7 cm³/mol. The molecule has 1 heterocycles. The minimum absolute atomic E-state index is 0.0241. The summed E-state index contributed by atoms with van der Waals surface area (Å²) in [6.07, 6.45) is 1.30. The monoisotopic (exact) mass is 366 g/mol. The fraction of sp³-hybridized carbons (Fsp3) is 0.190. The van der Waals surface area contributed by atoms with Crippen LogP contribution in [0.5, 0.6) is 0 Å². The van der Waals surface area contributed by atoms with Crippen LogP contribution in [0.1, 0.15) is 39.0 Å². The maximum atomic E-state index is 14.0. The zero-order valence-electron chi connectivity index (χ0n) is 15.1. The molecule has 3 aromatic rings. The van der Waals surface area contributed by atoms with Crippen molar-refractivity contribution in [2.75, 3.05) is 6.61 Å². The smallest absolute Gasteiger partial charge is 0.358 e. The van der Waals surface area contributed by atoms with Crippen LogP contribution < -0.4 is 0 Å². The highest BCUT2D eigenvalue weighted by atomic mass is 19.1. The number of aromatic nitrogens is 2. The van der Waals surface area contributed by atoms with E-state index in [1.165, 1.54) is 24.5 Å². The standard InChI is InChI=1S/C21H19FN2O3/c1-3-27-21(26)20-18(12-19(25)16-6-4-5-7-17(16)22)24(13-23-20)15-10-8-14(2)9-11-15/h4-11,13H,3,12H2,1-2H3. The largest absolute Gasteiger partial charge is 0.461 e. The molecule has 0 amide bonds. The Balaban J connectivity index is 2.03. The quantitative estimate of drug-likeness (QED) is 0.490. The number of imidazole rings is 1. The Kier molecular flexibility index (Phi) is 5.45. The normalized spacial score (nSPS) is 10.6. The fourth-order valence-electron chi connectivity index (χ4n) is 2.78. The molecule has 0 aliphatic heterocycles. The second-order valence-corrected chi connectivity index (χ2v) is 6.05. The van der Waals surface area contributed by atoms with Crippen LogP contribution in [0.4, 0.5) is 4.39 Å². The number of nitrogens with zero attached hydrogens (tertiary/aromatic N) is 2. The van der Waals surface area contributed by atoms with Gasteiger partial charge >= 0.3 is 5.97 Å². The Bertz CT molecular complexity index is 977. The van der Waals surface area contributed by atoms with Gasteiger partial charge in [0.25, 0.3) is 0 Å². The summed E-state index contributed by atoms with van der Waals surface area (Å²) in [6, 6.07) is 13.3. The first-order chi connectivity index (χ1) is 13.0. The number of ether oxygens (including phenoxy) is 1. The highest BCUT2D eigenvalue weighted by molar-refractivity contribution is 5.99. The van der Waals surface area contributed by atoms with Gasteiger partial charge < -0.3 is 9.30 Å². The minimum Gasteiger partial charge on any atom is -0.461 e. The fourth-order valence-corrected chi connectivity index (χ4v) is 2.78. The topological polar surface area (TPSA) is 61.2 Å². The summed E-state index contributed by atoms with van der Waals surface area (Å²) >= 11 is 0. The number of aryl methyl sites for hydroxylation is 1. The number of ketones is 1. The van der Waals surface area contributed by atoms with Crippen molar-refractivity contribution >= 4 is 11.8 Å². The lowest BCUT2D eigenvalue weighted by Crippen LogP contribution is -2.15. The van der Waals surface area contributed by atoms with E-state index in [9.17, 15) is 14.0 Å². The van der Waals surface area contributed by atoms with Crippen LogP contribution in [-0.2, 0) is 11.2 Å². The number of rotatable bonds is 6. The van der Waals surface area contributed by atoms with Gasteiger partial charge in [0, 0.05) is 5.69 Å². The first-order valence-electron chi connectivity index (χ1n) is 8.59. The lowest BCUT2D eigenvalue weighted by molar-refractivity contribution is 0.0519. The molecule has 0 aliphatic carbocycles. The zero-order chi connectivity index (χ0) is 19.4. The SMILES string of the molecule is CCOC(=O)c1ncn(-c2ccc(C)cc2)c1CC(=O)c1ccccc1F. The molecular weight excluding hydrogens is 347 g/mol. The summed E-state index contributed by atoms with van der Waals surface area (Å²) in [5.74, 6) is -1.64. The number of carbonyl (C=O) groups excluding carboxylic acids is 2. The van der Waals surface area contributed by atoms with E-state index in [2.05, 4.69) is 4.98 Å². The van der Waals surface area contributed by atoms with Gasteiger partial charge in [0.2, 0.25) is 0 Å². The third-order valence-corrected chi connectivity index (χ3v) is 4.15. The third-order valence-electron chi connectivity index (χ3n) is 4.15. The number of benzene rings is 2. The van der Waals surface area contributed by atoms with Gasteiger partial charge in [-0.2, -0.15) is 0 Å². The van der Waals surface area contributed by atoms with Crippen LogP contribution in [0, 0.1) is 12.7 Å². The molecule has 0 N–H and O–H groups in total. The molecule has 0 spiro atoms. The summed E-state index contributed by atoms with van der Waals surface area (Å²) in [6.45, 7) is 3.85. The van der Waals surface area contributed by atoms with Crippen molar-refractivity contribution < 1.29 is 18.7 Å². The molecule has 27 heavy (non-hydrogen) atoms. The van der Waals surface area contributed by atoms with Gasteiger partial charge in [-0.15, -0.1) is 0 Å². The minimum atomic E-state index is -0.611. The predicted octanol–water partition coefficient (Wildman–Crippen LogP) is 3.92. The molecule has 0 saturated carbocycles. The van der Waals surface area contributed by atoms with Crippen molar-refractivity contribution in [2.45, 2.75) is 20.3 Å². The third kappa shape index (κ3) is 3.95. The first kappa shape index (κ1) is 18.5. The van der Waals surface area contributed by atoms with E-state index in [0.29, 0.717) is 5.69 Å². The van der Waals surface area contributed by atoms with E-state index in [0.717, 1.165) is 11.3 Å². The molecule has 6 heteroatoms. The van der Waals surface area contributed by atoms with Crippen LogP contribution in [-0.4, -0.2) is 27.9 Å². The number of Topliss-reactive ketones (excluding diaryl/α,β-unsaturated/α-hetero) is 1. The summed E-state index contributed by atoms with van der Waals surface area (Å²) < 4.78 is 20.7. The van der Waals surface area contributed by atoms with Gasteiger partial charge in [0.15, 0.2) is 11.5 Å². The van der Waals surface area contributed by atoms with Gasteiger partial charge in [-0.1, -0.05) is 29.8 Å². The molecule has 0 atom stereocenters. The molecule has 5 nitrogen and oxygen atoms in total. The molecule has 138 valence electrons. The Morgan fingerprint density at radius 3 is 2.48 bits per heavy atom. The van der Waals surface area contributed by atoms with E-state index in [1.807, 2.05) is 31.2 Å². The second kappa shape index (κ2) is 7.95. The molecule has 0 unspecified atom stereocenters. The molecule has 0 saturated heterocycles. The zero-order valence-corrected chi connectivity index (χ0v) is 15.1. The van der Waals surface area contributed by atoms with E-state index >= 15 is 0 Å². The average molecular weight is 366 g/mol. The summed E-state index contributed by atoms with van der Waals surface area (Å²) in [7, 11) is 0. The van der Waals surface area contributed by atoms with Gasteiger partial charge in [-0.3, -0.25) is 4.79 Å². The molecule has 0 fully saturated rings. The highest BCUT2D eigenvalue weighted by Gasteiger charge is 2.23. The summed E-state index contributed by atoms with van der Waals surface area (Å²) in [4.78, 5) is 29.1. The number of hydrogen-bond acceptors (Lipinski definition) is 4. The lowest BCUT2D eigenvalue weighted by atomic mass is 10.0. The van der Waals surface area contributed by atoms with Crippen LogP contribution in [0.3, 0.4) is 0 Å².